The number of ether oxygens (including phenoxy) is 2. The zero-order chi connectivity index (χ0) is 23.2. The second-order valence-corrected chi connectivity index (χ2v) is 8.39. The topological polar surface area (TPSA) is 68.7 Å². The van der Waals surface area contributed by atoms with Gasteiger partial charge in [-0.05, 0) is 55.0 Å². The molecule has 33 heavy (non-hydrogen) atoms. The summed E-state index contributed by atoms with van der Waals surface area (Å²) in [5, 5.41) is 10.2. The number of pyridine rings is 1. The first kappa shape index (κ1) is 22.6. The van der Waals surface area contributed by atoms with Gasteiger partial charge in [-0.2, -0.15) is 0 Å². The Morgan fingerprint density at radius 2 is 1.79 bits per heavy atom. The van der Waals surface area contributed by atoms with E-state index in [0.717, 1.165) is 32.2 Å². The zero-order valence-electron chi connectivity index (χ0n) is 17.9. The molecule has 1 heterocycles. The van der Waals surface area contributed by atoms with Gasteiger partial charge in [0.25, 0.3) is 0 Å². The first-order valence-electron chi connectivity index (χ1n) is 10.4. The van der Waals surface area contributed by atoms with Gasteiger partial charge in [-0.15, -0.1) is 0 Å². The first-order valence-corrected chi connectivity index (χ1v) is 11.2. The van der Waals surface area contributed by atoms with Crippen LogP contribution in [0.15, 0.2) is 83.3 Å². The van der Waals surface area contributed by atoms with Crippen LogP contribution in [0, 0.1) is 0 Å². The summed E-state index contributed by atoms with van der Waals surface area (Å²) in [5.41, 5.74) is 3.63. The molecule has 0 spiro atoms. The Bertz CT molecular complexity index is 1300. The van der Waals surface area contributed by atoms with Crippen molar-refractivity contribution in [1.82, 2.24) is 4.98 Å². The van der Waals surface area contributed by atoms with Gasteiger partial charge in [0.05, 0.1) is 11.2 Å². The number of carboxylic acids is 1. The summed E-state index contributed by atoms with van der Waals surface area (Å²) in [5.74, 6) is 0.199. The molecule has 0 radical (unpaired) electrons. The Hall–Kier alpha value is -3.64. The van der Waals surface area contributed by atoms with Crippen LogP contribution < -0.4 is 9.47 Å². The highest BCUT2D eigenvalue weighted by molar-refractivity contribution is 9.10. The van der Waals surface area contributed by atoms with E-state index in [4.69, 9.17) is 14.6 Å². The van der Waals surface area contributed by atoms with Crippen molar-refractivity contribution in [2.24, 2.45) is 0 Å². The molecule has 5 nitrogen and oxygen atoms in total. The van der Waals surface area contributed by atoms with Gasteiger partial charge >= 0.3 is 5.97 Å². The number of rotatable bonds is 8. The van der Waals surface area contributed by atoms with Crippen molar-refractivity contribution in [3.05, 3.63) is 100 Å². The number of fused-ring (bicyclic) bond motifs is 1. The molecule has 0 amide bonds. The fourth-order valence-electron chi connectivity index (χ4n) is 3.20. The lowest BCUT2D eigenvalue weighted by Gasteiger charge is -2.15. The van der Waals surface area contributed by atoms with E-state index in [0.29, 0.717) is 11.5 Å². The summed E-state index contributed by atoms with van der Waals surface area (Å²) >= 11 is 3.49. The average Bonchev–Trinajstić information content (AvgIpc) is 2.82. The summed E-state index contributed by atoms with van der Waals surface area (Å²) in [7, 11) is 0. The maximum Gasteiger partial charge on any atom is 0.344 e. The molecule has 166 valence electrons. The van der Waals surface area contributed by atoms with Crippen LogP contribution >= 0.6 is 15.9 Å². The summed E-state index contributed by atoms with van der Waals surface area (Å²) < 4.78 is 12.4. The van der Waals surface area contributed by atoms with Gasteiger partial charge in [-0.25, -0.2) is 9.78 Å². The van der Waals surface area contributed by atoms with Crippen molar-refractivity contribution in [3.63, 3.8) is 0 Å². The fourth-order valence-corrected chi connectivity index (χ4v) is 3.54. The molecule has 1 N–H and O–H groups in total. The molecule has 0 aliphatic heterocycles. The minimum atomic E-state index is -1.01. The number of carbonyl (C=O) groups is 1. The van der Waals surface area contributed by atoms with Gasteiger partial charge in [0.15, 0.2) is 6.10 Å². The second-order valence-electron chi connectivity index (χ2n) is 7.47. The van der Waals surface area contributed by atoms with Crippen molar-refractivity contribution >= 4 is 45.0 Å². The van der Waals surface area contributed by atoms with Crippen LogP contribution in [0.3, 0.4) is 0 Å². The summed E-state index contributed by atoms with van der Waals surface area (Å²) in [6.07, 6.45) is 3.05. The number of hydrogen-bond acceptors (Lipinski definition) is 4. The Morgan fingerprint density at radius 1 is 1.03 bits per heavy atom. The van der Waals surface area contributed by atoms with Crippen LogP contribution in [0.25, 0.3) is 23.1 Å². The molecule has 1 aromatic heterocycles. The highest BCUT2D eigenvalue weighted by Gasteiger charge is 2.14. The number of halogens is 1. The van der Waals surface area contributed by atoms with Gasteiger partial charge in [-0.1, -0.05) is 64.5 Å². The predicted molar refractivity (Wildman–Crippen MR) is 133 cm³/mol. The lowest BCUT2D eigenvalue weighted by atomic mass is 10.1. The van der Waals surface area contributed by atoms with E-state index in [-0.39, 0.29) is 6.61 Å². The number of aromatic nitrogens is 1. The molecule has 0 aliphatic carbocycles. The third-order valence-corrected chi connectivity index (χ3v) is 5.51. The second kappa shape index (κ2) is 10.3. The lowest BCUT2D eigenvalue weighted by molar-refractivity contribution is -0.144. The highest BCUT2D eigenvalue weighted by Crippen LogP contribution is 2.23. The molecule has 0 aliphatic rings. The van der Waals surface area contributed by atoms with Gasteiger partial charge in [0.1, 0.15) is 18.1 Å². The van der Waals surface area contributed by atoms with E-state index in [1.807, 2.05) is 72.8 Å². The molecule has 0 bridgehead atoms. The van der Waals surface area contributed by atoms with Crippen LogP contribution in [0.5, 0.6) is 11.5 Å². The SMILES string of the molecule is CC(Oc1ccccc1COc1ccc(C=Cc2ccc3ccc(Br)cc3n2)cc1)C(=O)O. The highest BCUT2D eigenvalue weighted by atomic mass is 79.9. The molecule has 0 saturated heterocycles. The molecular formula is C27H22BrNO4. The van der Waals surface area contributed by atoms with Crippen LogP contribution in [0.2, 0.25) is 0 Å². The van der Waals surface area contributed by atoms with E-state index in [1.54, 1.807) is 12.1 Å². The van der Waals surface area contributed by atoms with E-state index in [2.05, 4.69) is 27.0 Å². The monoisotopic (exact) mass is 503 g/mol. The van der Waals surface area contributed by atoms with Crippen molar-refractivity contribution in [2.75, 3.05) is 0 Å². The molecule has 1 atom stereocenters. The number of benzene rings is 3. The van der Waals surface area contributed by atoms with E-state index in [9.17, 15) is 4.79 Å². The molecule has 6 heteroatoms. The van der Waals surface area contributed by atoms with Gasteiger partial charge in [-0.3, -0.25) is 0 Å². The van der Waals surface area contributed by atoms with E-state index >= 15 is 0 Å². The Kier molecular flexibility index (Phi) is 7.05. The Balaban J connectivity index is 1.40. The summed E-state index contributed by atoms with van der Waals surface area (Å²) in [6, 6.07) is 25.1. The third kappa shape index (κ3) is 5.99. The summed E-state index contributed by atoms with van der Waals surface area (Å²) in [4.78, 5) is 15.8. The number of carboxylic acid groups (broad SMARTS) is 1. The molecule has 1 unspecified atom stereocenters. The van der Waals surface area contributed by atoms with Gasteiger partial charge < -0.3 is 14.6 Å². The van der Waals surface area contributed by atoms with Crippen LogP contribution in [-0.2, 0) is 11.4 Å². The summed E-state index contributed by atoms with van der Waals surface area (Å²) in [6.45, 7) is 1.77. The largest absolute Gasteiger partial charge is 0.489 e. The normalized spacial score (nSPS) is 12.1. The van der Waals surface area contributed by atoms with Crippen LogP contribution in [0.1, 0.15) is 23.7 Å². The molecule has 3 aromatic carbocycles. The quantitative estimate of drug-likeness (QED) is 0.293. The van der Waals surface area contributed by atoms with Gasteiger partial charge in [0.2, 0.25) is 0 Å². The number of hydrogen-bond donors (Lipinski definition) is 1. The minimum Gasteiger partial charge on any atom is -0.489 e. The minimum absolute atomic E-state index is 0.272. The van der Waals surface area contributed by atoms with Crippen molar-refractivity contribution in [3.8, 4) is 11.5 Å². The fraction of sp³-hybridized carbons (Fsp3) is 0.111. The first-order chi connectivity index (χ1) is 16.0. The van der Waals surface area contributed by atoms with Crippen LogP contribution in [-0.4, -0.2) is 22.2 Å². The van der Waals surface area contributed by atoms with E-state index in [1.165, 1.54) is 6.92 Å². The average molecular weight is 504 g/mol. The molecule has 4 aromatic rings. The van der Waals surface area contributed by atoms with Crippen molar-refractivity contribution in [2.45, 2.75) is 19.6 Å². The zero-order valence-corrected chi connectivity index (χ0v) is 19.5. The maximum atomic E-state index is 11.1. The molecule has 4 rings (SSSR count). The van der Waals surface area contributed by atoms with Crippen molar-refractivity contribution in [1.29, 1.82) is 0 Å². The number of aliphatic carboxylic acids is 1. The number of para-hydroxylation sites is 1. The molecule has 0 saturated carbocycles. The third-order valence-electron chi connectivity index (χ3n) is 5.02. The molecular weight excluding hydrogens is 482 g/mol. The maximum absolute atomic E-state index is 11.1. The predicted octanol–water partition coefficient (Wildman–Crippen LogP) is 6.60. The van der Waals surface area contributed by atoms with Crippen LogP contribution in [0.4, 0.5) is 0 Å². The van der Waals surface area contributed by atoms with Crippen molar-refractivity contribution < 1.29 is 19.4 Å². The smallest absolute Gasteiger partial charge is 0.344 e. The van der Waals surface area contributed by atoms with Gasteiger partial charge in [0, 0.05) is 15.4 Å². The Morgan fingerprint density at radius 3 is 2.58 bits per heavy atom. The number of nitrogens with zero attached hydrogens (tertiary/aromatic N) is 1. The Labute approximate surface area is 200 Å². The van der Waals surface area contributed by atoms with E-state index < -0.39 is 12.1 Å². The molecule has 0 fully saturated rings. The standard InChI is InChI=1S/C27H22BrNO4/c1-18(27(30)31)33-26-5-3-2-4-21(26)17-32-24-14-7-19(8-15-24)6-12-23-13-10-20-9-11-22(28)16-25(20)29-23/h2-16,18H,17H2,1H3,(H,30,31). The lowest BCUT2D eigenvalue weighted by Crippen LogP contribution is -2.23.